The molecule has 8 rings (SSSR count). The van der Waals surface area contributed by atoms with Crippen LogP contribution in [0.4, 0.5) is 27.9 Å². The molecule has 4 fully saturated rings. The number of pyridine rings is 1. The molecule has 2 N–H and O–H groups in total. The van der Waals surface area contributed by atoms with E-state index in [9.17, 15) is 14.4 Å². The molecule has 0 bridgehead atoms. The number of piperazine rings is 1. The van der Waals surface area contributed by atoms with Gasteiger partial charge in [-0.2, -0.15) is 4.98 Å². The average molecular weight is 720 g/mol. The van der Waals surface area contributed by atoms with Crippen LogP contribution in [0.15, 0.2) is 54.9 Å². The summed E-state index contributed by atoms with van der Waals surface area (Å²) in [5.74, 6) is 0.927. The van der Waals surface area contributed by atoms with E-state index < -0.39 is 0 Å². The van der Waals surface area contributed by atoms with E-state index in [1.807, 2.05) is 30.5 Å². The van der Waals surface area contributed by atoms with Crippen LogP contribution in [-0.2, 0) is 11.3 Å². The second-order valence-electron chi connectivity index (χ2n) is 15.0. The summed E-state index contributed by atoms with van der Waals surface area (Å²) in [6.07, 6.45) is 10.7. The minimum Gasteiger partial charge on any atom is -0.370 e. The quantitative estimate of drug-likeness (QED) is 0.253. The van der Waals surface area contributed by atoms with Gasteiger partial charge in [0.05, 0.1) is 11.9 Å². The van der Waals surface area contributed by atoms with Crippen molar-refractivity contribution in [1.29, 1.82) is 0 Å². The number of aromatic nitrogens is 4. The summed E-state index contributed by atoms with van der Waals surface area (Å²) in [4.78, 5) is 61.7. The van der Waals surface area contributed by atoms with Crippen molar-refractivity contribution >= 4 is 52.0 Å². The Labute approximate surface area is 310 Å². The van der Waals surface area contributed by atoms with E-state index in [1.54, 1.807) is 30.1 Å². The van der Waals surface area contributed by atoms with Gasteiger partial charge in [0, 0.05) is 102 Å². The number of hydrogen-bond donors (Lipinski definition) is 2. The number of carbonyl (C=O) groups excluding carboxylic acids is 3. The lowest BCUT2D eigenvalue weighted by molar-refractivity contribution is -0.120. The molecule has 1 aliphatic carbocycles. The fourth-order valence-corrected chi connectivity index (χ4v) is 8.38. The second-order valence-corrected chi connectivity index (χ2v) is 15.0. The number of benzene rings is 1. The number of nitrogens with zero attached hydrogens (tertiary/aromatic N) is 9. The SMILES string of the molecule is CN(C)C(=O)c1cc2cnc(Nc3ccc(N4CCC(N5CCN(Cc6ccc(N7CCC(=O)NC7=O)cc6)CC5)CC4)cn3)nc2n1C1CCCC1. The van der Waals surface area contributed by atoms with E-state index in [1.165, 1.54) is 5.56 Å². The molecule has 0 unspecified atom stereocenters. The van der Waals surface area contributed by atoms with E-state index in [0.717, 1.165) is 107 Å². The van der Waals surface area contributed by atoms with Crippen molar-refractivity contribution in [2.24, 2.45) is 0 Å². The highest BCUT2D eigenvalue weighted by molar-refractivity contribution is 6.05. The maximum Gasteiger partial charge on any atom is 0.328 e. The number of nitrogens with one attached hydrogen (secondary N) is 2. The van der Waals surface area contributed by atoms with Crippen LogP contribution in [0.25, 0.3) is 11.0 Å². The molecule has 0 atom stereocenters. The zero-order valence-electron chi connectivity index (χ0n) is 30.7. The molecule has 0 radical (unpaired) electrons. The molecular weight excluding hydrogens is 671 g/mol. The van der Waals surface area contributed by atoms with Crippen molar-refractivity contribution in [3.05, 3.63) is 66.1 Å². The van der Waals surface area contributed by atoms with Crippen LogP contribution in [0.1, 0.15) is 67.0 Å². The van der Waals surface area contributed by atoms with Gasteiger partial charge in [-0.1, -0.05) is 25.0 Å². The number of piperidine rings is 1. The molecule has 0 spiro atoms. The fraction of sp³-hybridized carbons (Fsp3) is 0.487. The third-order valence-electron chi connectivity index (χ3n) is 11.3. The highest BCUT2D eigenvalue weighted by atomic mass is 16.2. The van der Waals surface area contributed by atoms with E-state index in [-0.39, 0.29) is 23.9 Å². The maximum absolute atomic E-state index is 13.1. The summed E-state index contributed by atoms with van der Waals surface area (Å²) in [5, 5.41) is 6.56. The van der Waals surface area contributed by atoms with Gasteiger partial charge in [-0.3, -0.25) is 29.6 Å². The van der Waals surface area contributed by atoms with Crippen molar-refractivity contribution < 1.29 is 14.4 Å². The van der Waals surface area contributed by atoms with Gasteiger partial charge in [0.15, 0.2) is 0 Å². The van der Waals surface area contributed by atoms with Crippen molar-refractivity contribution in [3.8, 4) is 0 Å². The maximum atomic E-state index is 13.1. The number of anilines is 4. The summed E-state index contributed by atoms with van der Waals surface area (Å²) in [5.41, 5.74) is 4.63. The number of imide groups is 1. The lowest BCUT2D eigenvalue weighted by Gasteiger charge is -2.43. The first-order valence-electron chi connectivity index (χ1n) is 19.0. The first-order chi connectivity index (χ1) is 25.8. The predicted molar refractivity (Wildman–Crippen MR) is 205 cm³/mol. The number of carbonyl (C=O) groups is 3. The first kappa shape index (κ1) is 35.0. The Balaban J connectivity index is 0.818. The molecule has 1 saturated carbocycles. The largest absolute Gasteiger partial charge is 0.370 e. The standard InChI is InChI=1S/C39H49N11O3/c1-45(2)37(52)33-23-28-24-41-38(44-36(28)50(33)31-5-3-4-6-31)42-34-12-11-32(25-40-34)47-16-13-29(14-17-47)48-21-19-46(20-22-48)26-27-7-9-30(10-8-27)49-18-15-35(51)43-39(49)53/h7-12,23-25,29,31H,3-6,13-22,26H2,1-2H3,(H,43,51,53)(H,40,41,42,44). The normalized spacial score (nSPS) is 19.6. The summed E-state index contributed by atoms with van der Waals surface area (Å²) >= 11 is 0. The average Bonchev–Trinajstić information content (AvgIpc) is 3.84. The molecule has 278 valence electrons. The van der Waals surface area contributed by atoms with E-state index in [4.69, 9.17) is 9.97 Å². The molecule has 6 heterocycles. The van der Waals surface area contributed by atoms with Crippen LogP contribution < -0.4 is 20.4 Å². The van der Waals surface area contributed by atoms with Crippen LogP contribution in [0.2, 0.25) is 0 Å². The second kappa shape index (κ2) is 15.1. The van der Waals surface area contributed by atoms with Crippen molar-refractivity contribution in [2.75, 3.05) is 75.0 Å². The van der Waals surface area contributed by atoms with Gasteiger partial charge in [-0.15, -0.1) is 0 Å². The van der Waals surface area contributed by atoms with E-state index in [2.05, 4.69) is 53.1 Å². The Hall–Kier alpha value is -5.08. The first-order valence-corrected chi connectivity index (χ1v) is 19.0. The minimum atomic E-state index is -0.348. The third-order valence-corrected chi connectivity index (χ3v) is 11.3. The molecular formula is C39H49N11O3. The van der Waals surface area contributed by atoms with E-state index >= 15 is 0 Å². The Morgan fingerprint density at radius 2 is 1.58 bits per heavy atom. The molecule has 14 heteroatoms. The van der Waals surface area contributed by atoms with Crippen molar-refractivity contribution in [2.45, 2.75) is 63.6 Å². The van der Waals surface area contributed by atoms with Crippen LogP contribution >= 0.6 is 0 Å². The number of fused-ring (bicyclic) bond motifs is 1. The molecule has 53 heavy (non-hydrogen) atoms. The van der Waals surface area contributed by atoms with Gasteiger partial charge < -0.3 is 19.7 Å². The topological polar surface area (TPSA) is 135 Å². The molecule has 3 aromatic heterocycles. The summed E-state index contributed by atoms with van der Waals surface area (Å²) in [6, 6.07) is 14.7. The molecule has 4 aliphatic rings. The monoisotopic (exact) mass is 719 g/mol. The number of amides is 4. The van der Waals surface area contributed by atoms with Gasteiger partial charge in [-0.05, 0) is 61.6 Å². The summed E-state index contributed by atoms with van der Waals surface area (Å²) in [7, 11) is 3.57. The van der Waals surface area contributed by atoms with E-state index in [0.29, 0.717) is 36.5 Å². The number of urea groups is 1. The summed E-state index contributed by atoms with van der Waals surface area (Å²) < 4.78 is 2.13. The Morgan fingerprint density at radius 1 is 0.849 bits per heavy atom. The predicted octanol–water partition coefficient (Wildman–Crippen LogP) is 4.62. The highest BCUT2D eigenvalue weighted by Crippen LogP contribution is 2.35. The fourth-order valence-electron chi connectivity index (χ4n) is 8.38. The Kier molecular flexibility index (Phi) is 9.97. The van der Waals surface area contributed by atoms with Crippen LogP contribution in [0.5, 0.6) is 0 Å². The number of hydrogen-bond acceptors (Lipinski definition) is 10. The van der Waals surface area contributed by atoms with Crippen LogP contribution in [0.3, 0.4) is 0 Å². The Bertz CT molecular complexity index is 1940. The molecule has 4 amide bonds. The lowest BCUT2D eigenvalue weighted by atomic mass is 10.0. The Morgan fingerprint density at radius 3 is 2.26 bits per heavy atom. The van der Waals surface area contributed by atoms with Crippen molar-refractivity contribution in [3.63, 3.8) is 0 Å². The van der Waals surface area contributed by atoms with Gasteiger partial charge in [0.1, 0.15) is 17.2 Å². The van der Waals surface area contributed by atoms with Gasteiger partial charge in [0.2, 0.25) is 11.9 Å². The molecule has 14 nitrogen and oxygen atoms in total. The van der Waals surface area contributed by atoms with Crippen molar-refractivity contribution in [1.82, 2.24) is 39.5 Å². The molecule has 1 aromatic carbocycles. The van der Waals surface area contributed by atoms with Gasteiger partial charge >= 0.3 is 6.03 Å². The molecule has 4 aromatic rings. The zero-order valence-corrected chi connectivity index (χ0v) is 30.7. The molecule has 3 aliphatic heterocycles. The number of rotatable bonds is 9. The minimum absolute atomic E-state index is 0.0170. The third kappa shape index (κ3) is 7.56. The highest BCUT2D eigenvalue weighted by Gasteiger charge is 2.29. The van der Waals surface area contributed by atoms with Crippen LogP contribution in [0, 0.1) is 0 Å². The van der Waals surface area contributed by atoms with Gasteiger partial charge in [-0.25, -0.2) is 14.8 Å². The molecule has 3 saturated heterocycles. The smallest absolute Gasteiger partial charge is 0.328 e. The van der Waals surface area contributed by atoms with Gasteiger partial charge in [0.25, 0.3) is 5.91 Å². The zero-order chi connectivity index (χ0) is 36.5. The summed E-state index contributed by atoms with van der Waals surface area (Å²) in [6.45, 7) is 7.52. The lowest BCUT2D eigenvalue weighted by Crippen LogP contribution is -2.53. The van der Waals surface area contributed by atoms with Crippen LogP contribution in [-0.4, -0.2) is 118 Å².